The third-order valence-corrected chi connectivity index (χ3v) is 3.13. The highest BCUT2D eigenvalue weighted by Gasteiger charge is 2.28. The molecule has 5 heteroatoms. The van der Waals surface area contributed by atoms with Crippen LogP contribution in [-0.4, -0.2) is 23.7 Å². The monoisotopic (exact) mass is 266 g/mol. The lowest BCUT2D eigenvalue weighted by Gasteiger charge is -2.08. The summed E-state index contributed by atoms with van der Waals surface area (Å²) in [5.41, 5.74) is 1.81. The number of rotatable bonds is 3. The zero-order valence-electron chi connectivity index (χ0n) is 9.80. The molecule has 0 saturated carbocycles. The van der Waals surface area contributed by atoms with Gasteiger partial charge < -0.3 is 10.4 Å². The third-order valence-electron chi connectivity index (χ3n) is 3.13. The lowest BCUT2D eigenvalue weighted by Crippen LogP contribution is -2.29. The predicted octanol–water partition coefficient (Wildman–Crippen LogP) is 1.59. The van der Waals surface area contributed by atoms with E-state index in [2.05, 4.69) is 11.4 Å². The van der Waals surface area contributed by atoms with Gasteiger partial charge in [-0.15, -0.1) is 12.4 Å². The lowest BCUT2D eigenvalue weighted by molar-refractivity contribution is -0.139. The molecule has 96 valence electrons. The lowest BCUT2D eigenvalue weighted by atomic mass is 9.96. The molecule has 18 heavy (non-hydrogen) atoms. The van der Waals surface area contributed by atoms with Gasteiger partial charge in [0.1, 0.15) is 6.04 Å². The van der Waals surface area contributed by atoms with E-state index in [0.29, 0.717) is 17.9 Å². The molecule has 1 aromatic rings. The first-order valence-corrected chi connectivity index (χ1v) is 5.64. The number of carboxylic acids is 1. The van der Waals surface area contributed by atoms with Crippen LogP contribution in [0.25, 0.3) is 0 Å². The van der Waals surface area contributed by atoms with Crippen LogP contribution >= 0.6 is 12.4 Å². The zero-order valence-corrected chi connectivity index (χ0v) is 10.6. The van der Waals surface area contributed by atoms with Crippen molar-refractivity contribution in [2.75, 3.05) is 6.54 Å². The van der Waals surface area contributed by atoms with E-state index in [-0.39, 0.29) is 12.4 Å². The number of hydrogen-bond donors (Lipinski definition) is 2. The SMILES string of the molecule is Cl.N#Cc1ccc(C[C@H]2CN[C@H](C(=O)O)C2)cc1. The normalized spacial score (nSPS) is 21.9. The molecule has 0 unspecified atom stereocenters. The molecule has 1 saturated heterocycles. The van der Waals surface area contributed by atoms with Gasteiger partial charge in [0.2, 0.25) is 0 Å². The molecule has 0 aromatic heterocycles. The van der Waals surface area contributed by atoms with Crippen molar-refractivity contribution in [3.05, 3.63) is 35.4 Å². The molecule has 4 nitrogen and oxygen atoms in total. The summed E-state index contributed by atoms with van der Waals surface area (Å²) in [7, 11) is 0. The van der Waals surface area contributed by atoms with Crippen LogP contribution < -0.4 is 5.32 Å². The van der Waals surface area contributed by atoms with Crippen molar-refractivity contribution in [1.29, 1.82) is 5.26 Å². The van der Waals surface area contributed by atoms with Crippen molar-refractivity contribution in [2.24, 2.45) is 5.92 Å². The zero-order chi connectivity index (χ0) is 12.3. The number of nitriles is 1. The Morgan fingerprint density at radius 2 is 2.11 bits per heavy atom. The number of nitrogens with zero attached hydrogens (tertiary/aromatic N) is 1. The van der Waals surface area contributed by atoms with Crippen LogP contribution in [0.4, 0.5) is 0 Å². The van der Waals surface area contributed by atoms with Crippen molar-refractivity contribution >= 4 is 18.4 Å². The van der Waals surface area contributed by atoms with Crippen LogP contribution in [0.5, 0.6) is 0 Å². The van der Waals surface area contributed by atoms with Crippen LogP contribution in [0.15, 0.2) is 24.3 Å². The summed E-state index contributed by atoms with van der Waals surface area (Å²) >= 11 is 0. The maximum atomic E-state index is 10.8. The number of carbonyl (C=O) groups is 1. The number of aliphatic carboxylic acids is 1. The molecule has 2 N–H and O–H groups in total. The van der Waals surface area contributed by atoms with Crippen molar-refractivity contribution < 1.29 is 9.90 Å². The molecule has 1 aliphatic rings. The van der Waals surface area contributed by atoms with Gasteiger partial charge in [-0.05, 0) is 43.0 Å². The summed E-state index contributed by atoms with van der Waals surface area (Å²) in [6.45, 7) is 0.747. The number of nitrogens with one attached hydrogen (secondary N) is 1. The van der Waals surface area contributed by atoms with Gasteiger partial charge in [0.05, 0.1) is 11.6 Å². The summed E-state index contributed by atoms with van der Waals surface area (Å²) in [6, 6.07) is 9.15. The molecular weight excluding hydrogens is 252 g/mol. The first-order chi connectivity index (χ1) is 8.19. The highest BCUT2D eigenvalue weighted by atomic mass is 35.5. The van der Waals surface area contributed by atoms with E-state index in [1.807, 2.05) is 12.1 Å². The second-order valence-electron chi connectivity index (χ2n) is 4.41. The molecule has 0 spiro atoms. The van der Waals surface area contributed by atoms with Gasteiger partial charge in [0.25, 0.3) is 0 Å². The van der Waals surface area contributed by atoms with Crippen molar-refractivity contribution in [2.45, 2.75) is 18.9 Å². The van der Waals surface area contributed by atoms with Crippen molar-refractivity contribution in [3.63, 3.8) is 0 Å². The highest BCUT2D eigenvalue weighted by Crippen LogP contribution is 2.19. The van der Waals surface area contributed by atoms with E-state index < -0.39 is 12.0 Å². The van der Waals surface area contributed by atoms with Crippen LogP contribution in [0, 0.1) is 17.2 Å². The van der Waals surface area contributed by atoms with Crippen molar-refractivity contribution in [3.8, 4) is 6.07 Å². The summed E-state index contributed by atoms with van der Waals surface area (Å²) in [5, 5.41) is 20.5. The third kappa shape index (κ3) is 3.46. The number of halogens is 1. The molecular formula is C13H15ClN2O2. The van der Waals surface area contributed by atoms with Gasteiger partial charge in [0.15, 0.2) is 0 Å². The molecule has 0 bridgehead atoms. The van der Waals surface area contributed by atoms with Gasteiger partial charge >= 0.3 is 5.97 Å². The Bertz CT molecular complexity index is 453. The Kier molecular flexibility index (Phi) is 5.14. The Balaban J connectivity index is 0.00000162. The van der Waals surface area contributed by atoms with Gasteiger partial charge in [-0.3, -0.25) is 4.79 Å². The summed E-state index contributed by atoms with van der Waals surface area (Å²) in [6.07, 6.45) is 1.54. The van der Waals surface area contributed by atoms with E-state index in [4.69, 9.17) is 10.4 Å². The van der Waals surface area contributed by atoms with E-state index in [1.165, 1.54) is 0 Å². The number of carboxylic acid groups (broad SMARTS) is 1. The minimum Gasteiger partial charge on any atom is -0.480 e. The van der Waals surface area contributed by atoms with E-state index in [9.17, 15) is 4.79 Å². The average Bonchev–Trinajstić information content (AvgIpc) is 2.79. The Morgan fingerprint density at radius 1 is 1.44 bits per heavy atom. The number of benzene rings is 1. The van der Waals surface area contributed by atoms with E-state index in [1.54, 1.807) is 12.1 Å². The van der Waals surface area contributed by atoms with Crippen LogP contribution in [0.1, 0.15) is 17.5 Å². The number of hydrogen-bond acceptors (Lipinski definition) is 3. The van der Waals surface area contributed by atoms with Gasteiger partial charge in [-0.25, -0.2) is 0 Å². The van der Waals surface area contributed by atoms with Crippen LogP contribution in [0.3, 0.4) is 0 Å². The van der Waals surface area contributed by atoms with Gasteiger partial charge in [-0.2, -0.15) is 5.26 Å². The van der Waals surface area contributed by atoms with Crippen molar-refractivity contribution in [1.82, 2.24) is 5.32 Å². The quantitative estimate of drug-likeness (QED) is 0.871. The summed E-state index contributed by atoms with van der Waals surface area (Å²) in [4.78, 5) is 10.8. The fraction of sp³-hybridized carbons (Fsp3) is 0.385. The van der Waals surface area contributed by atoms with E-state index >= 15 is 0 Å². The Hall–Kier alpha value is -1.57. The Labute approximate surface area is 112 Å². The largest absolute Gasteiger partial charge is 0.480 e. The molecule has 2 rings (SSSR count). The molecule has 0 aliphatic carbocycles. The molecule has 0 radical (unpaired) electrons. The Morgan fingerprint density at radius 3 is 2.61 bits per heavy atom. The summed E-state index contributed by atoms with van der Waals surface area (Å²) in [5.74, 6) is -0.406. The smallest absolute Gasteiger partial charge is 0.320 e. The van der Waals surface area contributed by atoms with Gasteiger partial charge in [-0.1, -0.05) is 12.1 Å². The second-order valence-corrected chi connectivity index (χ2v) is 4.41. The van der Waals surface area contributed by atoms with E-state index in [0.717, 1.165) is 18.5 Å². The maximum Gasteiger partial charge on any atom is 0.320 e. The average molecular weight is 267 g/mol. The minimum atomic E-state index is -0.771. The molecule has 1 heterocycles. The van der Waals surface area contributed by atoms with Crippen LogP contribution in [0.2, 0.25) is 0 Å². The topological polar surface area (TPSA) is 73.1 Å². The van der Waals surface area contributed by atoms with Crippen LogP contribution in [-0.2, 0) is 11.2 Å². The summed E-state index contributed by atoms with van der Waals surface area (Å²) < 4.78 is 0. The first-order valence-electron chi connectivity index (χ1n) is 5.64. The predicted molar refractivity (Wildman–Crippen MR) is 69.6 cm³/mol. The fourth-order valence-electron chi connectivity index (χ4n) is 2.20. The molecule has 1 aromatic carbocycles. The molecule has 0 amide bonds. The molecule has 2 atom stereocenters. The standard InChI is InChI=1S/C13H14N2O2.ClH/c14-7-10-3-1-9(2-4-10)5-11-6-12(13(16)17)15-8-11;/h1-4,11-12,15H,5-6,8H2,(H,16,17);1H/t11-,12+;/m1./s1. The second kappa shape index (κ2) is 6.39. The fourth-order valence-corrected chi connectivity index (χ4v) is 2.20. The molecule has 1 aliphatic heterocycles. The van der Waals surface area contributed by atoms with Gasteiger partial charge in [0, 0.05) is 0 Å². The molecule has 1 fully saturated rings. The minimum absolute atomic E-state index is 0. The first kappa shape index (κ1) is 14.5. The highest BCUT2D eigenvalue weighted by molar-refractivity contribution is 5.85. The maximum absolute atomic E-state index is 10.8.